The molecule has 122 valence electrons. The summed E-state index contributed by atoms with van der Waals surface area (Å²) >= 11 is 0. The van der Waals surface area contributed by atoms with Crippen LogP contribution in [0.3, 0.4) is 0 Å². The van der Waals surface area contributed by atoms with Gasteiger partial charge < -0.3 is 5.11 Å². The van der Waals surface area contributed by atoms with E-state index in [0.717, 1.165) is 33.5 Å². The maximum absolute atomic E-state index is 10.7. The highest BCUT2D eigenvalue weighted by Gasteiger charge is 2.26. The Morgan fingerprint density at radius 1 is 0.960 bits per heavy atom. The summed E-state index contributed by atoms with van der Waals surface area (Å²) in [5, 5.41) is 21.2. The van der Waals surface area contributed by atoms with Crippen molar-refractivity contribution >= 4 is 17.6 Å². The molecule has 1 aliphatic carbocycles. The Hall–Kier alpha value is -3.31. The lowest BCUT2D eigenvalue weighted by molar-refractivity contribution is -0.384. The van der Waals surface area contributed by atoms with Crippen molar-refractivity contribution in [3.8, 4) is 11.1 Å². The molecule has 3 aromatic rings. The van der Waals surface area contributed by atoms with Gasteiger partial charge in [0, 0.05) is 18.3 Å². The Morgan fingerprint density at radius 3 is 2.44 bits per heavy atom. The number of nitrogens with zero attached hydrogens (tertiary/aromatic N) is 2. The normalized spacial score (nSPS) is 15.2. The fraction of sp³-hybridized carbons (Fsp3) is 0.0500. The first-order chi connectivity index (χ1) is 12.1. The number of hydrogen-bond acceptors (Lipinski definition) is 4. The van der Waals surface area contributed by atoms with Gasteiger partial charge in [-0.25, -0.2) is 0 Å². The van der Waals surface area contributed by atoms with Gasteiger partial charge >= 0.3 is 0 Å². The summed E-state index contributed by atoms with van der Waals surface area (Å²) in [4.78, 5) is 14.7. The summed E-state index contributed by atoms with van der Waals surface area (Å²) in [5.41, 5.74) is 5.39. The molecule has 1 aliphatic rings. The molecule has 0 unspecified atom stereocenters. The van der Waals surface area contributed by atoms with Gasteiger partial charge in [-0.15, -0.1) is 0 Å². The highest BCUT2D eigenvalue weighted by atomic mass is 16.6. The second-order valence-corrected chi connectivity index (χ2v) is 5.87. The van der Waals surface area contributed by atoms with E-state index in [4.69, 9.17) is 0 Å². The molecular weight excluding hydrogens is 316 g/mol. The summed E-state index contributed by atoms with van der Waals surface area (Å²) in [5.74, 6) is 0. The van der Waals surface area contributed by atoms with Gasteiger partial charge in [0.1, 0.15) is 6.10 Å². The van der Waals surface area contributed by atoms with Crippen LogP contribution in [0.4, 0.5) is 11.4 Å². The second-order valence-electron chi connectivity index (χ2n) is 5.87. The molecule has 5 heteroatoms. The van der Waals surface area contributed by atoms with Crippen LogP contribution in [0.15, 0.2) is 71.7 Å². The molecule has 0 heterocycles. The molecule has 0 bridgehead atoms. The third-order valence-electron chi connectivity index (χ3n) is 4.34. The van der Waals surface area contributed by atoms with Crippen LogP contribution in [-0.2, 0) is 0 Å². The topological polar surface area (TPSA) is 75.7 Å². The molecule has 0 fully saturated rings. The molecule has 0 amide bonds. The Morgan fingerprint density at radius 2 is 1.68 bits per heavy atom. The summed E-state index contributed by atoms with van der Waals surface area (Å²) in [6.07, 6.45) is 1.01. The lowest BCUT2D eigenvalue weighted by Gasteiger charge is -2.05. The van der Waals surface area contributed by atoms with E-state index < -0.39 is 11.0 Å². The van der Waals surface area contributed by atoms with E-state index in [1.165, 1.54) is 12.1 Å². The van der Waals surface area contributed by atoms with Crippen molar-refractivity contribution in [1.29, 1.82) is 0 Å². The fourth-order valence-electron chi connectivity index (χ4n) is 3.08. The number of aliphatic hydroxyl groups is 1. The van der Waals surface area contributed by atoms with Crippen LogP contribution in [0.25, 0.3) is 11.1 Å². The first kappa shape index (κ1) is 15.2. The average molecular weight is 330 g/mol. The quantitative estimate of drug-likeness (QED) is 0.439. The molecule has 0 spiro atoms. The highest BCUT2D eigenvalue weighted by molar-refractivity contribution is 5.84. The number of aliphatic hydroxyl groups excluding tert-OH is 1. The van der Waals surface area contributed by atoms with E-state index >= 15 is 0 Å². The van der Waals surface area contributed by atoms with Gasteiger partial charge in [0.25, 0.3) is 5.69 Å². The first-order valence-electron chi connectivity index (χ1n) is 7.83. The lowest BCUT2D eigenvalue weighted by Crippen LogP contribution is -1.93. The van der Waals surface area contributed by atoms with Gasteiger partial charge in [-0.05, 0) is 52.1 Å². The van der Waals surface area contributed by atoms with Gasteiger partial charge in [0.05, 0.1) is 10.6 Å². The molecule has 3 aromatic carbocycles. The zero-order valence-electron chi connectivity index (χ0n) is 13.2. The van der Waals surface area contributed by atoms with E-state index in [9.17, 15) is 15.2 Å². The maximum atomic E-state index is 10.7. The van der Waals surface area contributed by atoms with E-state index in [1.807, 2.05) is 42.5 Å². The summed E-state index contributed by atoms with van der Waals surface area (Å²) in [6, 6.07) is 19.8. The van der Waals surface area contributed by atoms with Crippen molar-refractivity contribution in [3.05, 3.63) is 93.5 Å². The Balaban J connectivity index is 1.62. The largest absolute Gasteiger partial charge is 0.384 e. The molecule has 5 nitrogen and oxygen atoms in total. The van der Waals surface area contributed by atoms with Crippen molar-refractivity contribution in [3.63, 3.8) is 0 Å². The Labute approximate surface area is 144 Å². The molecule has 0 aliphatic heterocycles. The van der Waals surface area contributed by atoms with Crippen molar-refractivity contribution in [2.24, 2.45) is 4.99 Å². The maximum Gasteiger partial charge on any atom is 0.269 e. The van der Waals surface area contributed by atoms with Gasteiger partial charge in [0.2, 0.25) is 0 Å². The number of non-ortho nitro benzene ring substituents is 1. The zero-order chi connectivity index (χ0) is 17.4. The van der Waals surface area contributed by atoms with Crippen LogP contribution in [0.1, 0.15) is 22.8 Å². The predicted octanol–water partition coefficient (Wildman–Crippen LogP) is 4.41. The Kier molecular flexibility index (Phi) is 3.63. The number of nitro groups is 1. The number of benzene rings is 3. The molecule has 0 saturated carbocycles. The lowest BCUT2D eigenvalue weighted by atomic mass is 10.1. The minimum atomic E-state index is -0.638. The Bertz CT molecular complexity index is 994. The van der Waals surface area contributed by atoms with Crippen molar-refractivity contribution in [2.75, 3.05) is 0 Å². The van der Waals surface area contributed by atoms with Crippen LogP contribution in [-0.4, -0.2) is 16.2 Å². The van der Waals surface area contributed by atoms with E-state index in [-0.39, 0.29) is 5.69 Å². The van der Waals surface area contributed by atoms with Gasteiger partial charge in [-0.2, -0.15) is 0 Å². The van der Waals surface area contributed by atoms with Crippen molar-refractivity contribution in [2.45, 2.75) is 6.10 Å². The minimum absolute atomic E-state index is 0.0515. The molecule has 1 N–H and O–H groups in total. The van der Waals surface area contributed by atoms with Crippen LogP contribution in [0, 0.1) is 10.1 Å². The van der Waals surface area contributed by atoms with Crippen LogP contribution >= 0.6 is 0 Å². The number of hydrogen-bond donors (Lipinski definition) is 1. The van der Waals surface area contributed by atoms with E-state index in [0.29, 0.717) is 0 Å². The number of nitro benzene ring substituents is 1. The number of fused-ring (bicyclic) bond motifs is 3. The smallest absolute Gasteiger partial charge is 0.269 e. The predicted molar refractivity (Wildman–Crippen MR) is 96.3 cm³/mol. The number of aliphatic imine (C=N–C) groups is 1. The molecule has 4 rings (SSSR count). The van der Waals surface area contributed by atoms with Crippen LogP contribution < -0.4 is 0 Å². The van der Waals surface area contributed by atoms with Crippen LogP contribution in [0.2, 0.25) is 0 Å². The molecule has 25 heavy (non-hydrogen) atoms. The van der Waals surface area contributed by atoms with Crippen molar-refractivity contribution in [1.82, 2.24) is 0 Å². The third kappa shape index (κ3) is 2.70. The second kappa shape index (κ2) is 5.96. The average Bonchev–Trinajstić information content (AvgIpc) is 2.93. The van der Waals surface area contributed by atoms with Gasteiger partial charge in [0.15, 0.2) is 0 Å². The molecule has 1 atom stereocenters. The third-order valence-corrected chi connectivity index (χ3v) is 4.34. The standard InChI is InChI=1S/C20H14N2O3/c23-20-18-4-2-1-3-16(18)17-10-7-14(11-19(17)20)21-12-13-5-8-15(9-6-13)22(24)25/h1-12,20,23H/t20-/m1/s1. The summed E-state index contributed by atoms with van der Waals surface area (Å²) < 4.78 is 0. The minimum Gasteiger partial charge on any atom is -0.384 e. The number of rotatable bonds is 3. The van der Waals surface area contributed by atoms with E-state index in [2.05, 4.69) is 4.99 Å². The van der Waals surface area contributed by atoms with E-state index in [1.54, 1.807) is 18.3 Å². The van der Waals surface area contributed by atoms with Gasteiger partial charge in [-0.1, -0.05) is 30.3 Å². The molecule has 0 radical (unpaired) electrons. The molecule has 0 saturated heterocycles. The summed E-state index contributed by atoms with van der Waals surface area (Å²) in [6.45, 7) is 0. The monoisotopic (exact) mass is 330 g/mol. The fourth-order valence-corrected chi connectivity index (χ4v) is 3.08. The van der Waals surface area contributed by atoms with Gasteiger partial charge in [-0.3, -0.25) is 15.1 Å². The van der Waals surface area contributed by atoms with Crippen molar-refractivity contribution < 1.29 is 10.0 Å². The zero-order valence-corrected chi connectivity index (χ0v) is 13.2. The van der Waals surface area contributed by atoms with Crippen LogP contribution in [0.5, 0.6) is 0 Å². The SMILES string of the molecule is O=[N+]([O-])c1ccc(C=Nc2ccc3c(c2)[C@H](O)c2ccccc2-3)cc1. The molecular formula is C20H14N2O3. The highest BCUT2D eigenvalue weighted by Crippen LogP contribution is 2.44. The molecule has 0 aromatic heterocycles. The summed E-state index contributed by atoms with van der Waals surface area (Å²) in [7, 11) is 0. The first-order valence-corrected chi connectivity index (χ1v) is 7.83.